The average Bonchev–Trinajstić information content (AvgIpc) is 2.43. The van der Waals surface area contributed by atoms with Crippen LogP contribution in [0.25, 0.3) is 10.9 Å². The number of aryl methyl sites for hydroxylation is 1. The van der Waals surface area contributed by atoms with Crippen molar-refractivity contribution in [2.24, 2.45) is 0 Å². The van der Waals surface area contributed by atoms with E-state index in [1.54, 1.807) is 37.3 Å². The maximum Gasteiger partial charge on any atom is 0.231 e. The molecule has 3 nitrogen and oxygen atoms in total. The fourth-order valence-electron chi connectivity index (χ4n) is 1.90. The number of hydrogen-bond donors (Lipinski definition) is 0. The van der Waals surface area contributed by atoms with Crippen LogP contribution in [0.1, 0.15) is 5.56 Å². The first kappa shape index (κ1) is 12.8. The van der Waals surface area contributed by atoms with Gasteiger partial charge in [0.05, 0.1) is 10.9 Å². The first-order valence-electron chi connectivity index (χ1n) is 6.00. The fraction of sp³-hybridized carbons (Fsp3) is 0.0667. The molecular formula is C15H10ClFN2O. The van der Waals surface area contributed by atoms with E-state index in [2.05, 4.69) is 9.97 Å². The van der Waals surface area contributed by atoms with Crippen LogP contribution in [0.2, 0.25) is 5.28 Å². The Morgan fingerprint density at radius 2 is 1.85 bits per heavy atom. The highest BCUT2D eigenvalue weighted by molar-refractivity contribution is 6.28. The van der Waals surface area contributed by atoms with Gasteiger partial charge in [0.1, 0.15) is 0 Å². The quantitative estimate of drug-likeness (QED) is 0.650. The molecule has 0 radical (unpaired) electrons. The van der Waals surface area contributed by atoms with Crippen LogP contribution in [-0.4, -0.2) is 9.97 Å². The van der Waals surface area contributed by atoms with Crippen LogP contribution in [0.5, 0.6) is 11.6 Å². The van der Waals surface area contributed by atoms with Gasteiger partial charge in [-0.25, -0.2) is 9.37 Å². The number of ether oxygens (including phenoxy) is 1. The summed E-state index contributed by atoms with van der Waals surface area (Å²) in [6.45, 7) is 1.67. The molecule has 0 saturated heterocycles. The molecule has 100 valence electrons. The predicted molar refractivity (Wildman–Crippen MR) is 75.8 cm³/mol. The van der Waals surface area contributed by atoms with Crippen LogP contribution in [-0.2, 0) is 0 Å². The van der Waals surface area contributed by atoms with Crippen molar-refractivity contribution in [3.63, 3.8) is 0 Å². The molecule has 1 heterocycles. The van der Waals surface area contributed by atoms with Crippen molar-refractivity contribution in [2.45, 2.75) is 6.92 Å². The van der Waals surface area contributed by atoms with Gasteiger partial charge in [0.15, 0.2) is 11.6 Å². The first-order chi connectivity index (χ1) is 9.65. The Labute approximate surface area is 120 Å². The number of hydrogen-bond acceptors (Lipinski definition) is 3. The van der Waals surface area contributed by atoms with E-state index in [0.717, 1.165) is 0 Å². The van der Waals surface area contributed by atoms with Crippen molar-refractivity contribution >= 4 is 22.5 Å². The summed E-state index contributed by atoms with van der Waals surface area (Å²) in [5.41, 5.74) is 1.16. The maximum atomic E-state index is 14.0. The Kier molecular flexibility index (Phi) is 3.24. The third-order valence-electron chi connectivity index (χ3n) is 2.90. The van der Waals surface area contributed by atoms with Gasteiger partial charge in [-0.05, 0) is 42.3 Å². The molecule has 0 atom stereocenters. The lowest BCUT2D eigenvalue weighted by Gasteiger charge is -2.09. The van der Waals surface area contributed by atoms with Crippen LogP contribution in [0, 0.1) is 12.7 Å². The van der Waals surface area contributed by atoms with Gasteiger partial charge in [-0.2, -0.15) is 4.98 Å². The minimum atomic E-state index is -0.411. The second-order valence-corrected chi connectivity index (χ2v) is 4.64. The zero-order chi connectivity index (χ0) is 14.1. The van der Waals surface area contributed by atoms with Crippen molar-refractivity contribution in [1.82, 2.24) is 9.97 Å². The Bertz CT molecular complexity index is 792. The van der Waals surface area contributed by atoms with E-state index >= 15 is 0 Å². The Morgan fingerprint density at radius 1 is 1.05 bits per heavy atom. The molecule has 0 saturated carbocycles. The predicted octanol–water partition coefficient (Wildman–Crippen LogP) is 4.52. The van der Waals surface area contributed by atoms with E-state index in [0.29, 0.717) is 16.5 Å². The second-order valence-electron chi connectivity index (χ2n) is 4.30. The van der Waals surface area contributed by atoms with Crippen LogP contribution >= 0.6 is 11.6 Å². The van der Waals surface area contributed by atoms with Crippen molar-refractivity contribution in [3.05, 3.63) is 59.1 Å². The number of aromatic nitrogens is 2. The highest BCUT2D eigenvalue weighted by atomic mass is 35.5. The molecule has 3 aromatic rings. The third kappa shape index (κ3) is 2.30. The molecule has 2 aromatic carbocycles. The van der Waals surface area contributed by atoms with E-state index in [9.17, 15) is 4.39 Å². The van der Waals surface area contributed by atoms with Gasteiger partial charge in [0.25, 0.3) is 0 Å². The highest BCUT2D eigenvalue weighted by Gasteiger charge is 2.12. The van der Waals surface area contributed by atoms with Crippen LogP contribution in [0.4, 0.5) is 4.39 Å². The normalized spacial score (nSPS) is 10.8. The molecule has 0 aliphatic heterocycles. The maximum absolute atomic E-state index is 14.0. The van der Waals surface area contributed by atoms with E-state index in [1.807, 2.05) is 12.1 Å². The smallest absolute Gasteiger partial charge is 0.231 e. The van der Waals surface area contributed by atoms with E-state index in [4.69, 9.17) is 16.3 Å². The van der Waals surface area contributed by atoms with Crippen LogP contribution in [0.15, 0.2) is 42.5 Å². The zero-order valence-corrected chi connectivity index (χ0v) is 11.4. The van der Waals surface area contributed by atoms with Gasteiger partial charge >= 0.3 is 0 Å². The highest BCUT2D eigenvalue weighted by Crippen LogP contribution is 2.30. The summed E-state index contributed by atoms with van der Waals surface area (Å²) < 4.78 is 19.6. The average molecular weight is 289 g/mol. The van der Waals surface area contributed by atoms with Gasteiger partial charge in [0, 0.05) is 0 Å². The molecule has 1 aromatic heterocycles. The lowest BCUT2D eigenvalue weighted by Crippen LogP contribution is -1.95. The summed E-state index contributed by atoms with van der Waals surface area (Å²) in [5, 5.41) is 0.740. The standard InChI is InChI=1S/C15H10ClFN2O/c1-9-5-4-8-12(13(9)17)20-14-10-6-2-3-7-11(10)18-15(16)19-14/h2-8H,1H3. The summed E-state index contributed by atoms with van der Waals surface area (Å²) in [7, 11) is 0. The molecule has 0 fully saturated rings. The lowest BCUT2D eigenvalue weighted by atomic mass is 10.2. The minimum absolute atomic E-state index is 0.0618. The summed E-state index contributed by atoms with van der Waals surface area (Å²) in [5.74, 6) is -0.0543. The molecule has 0 aliphatic rings. The number of halogens is 2. The molecule has 0 amide bonds. The molecule has 5 heteroatoms. The molecule has 0 aliphatic carbocycles. The SMILES string of the molecule is Cc1cccc(Oc2nc(Cl)nc3ccccc23)c1F. The molecule has 0 N–H and O–H groups in total. The number of rotatable bonds is 2. The van der Waals surface area contributed by atoms with E-state index in [1.165, 1.54) is 0 Å². The van der Waals surface area contributed by atoms with Crippen molar-refractivity contribution in [3.8, 4) is 11.6 Å². The fourth-order valence-corrected chi connectivity index (χ4v) is 2.07. The largest absolute Gasteiger partial charge is 0.435 e. The summed E-state index contributed by atoms with van der Waals surface area (Å²) in [4.78, 5) is 8.13. The number of benzene rings is 2. The monoisotopic (exact) mass is 288 g/mol. The number of para-hydroxylation sites is 1. The summed E-state index contributed by atoms with van der Waals surface area (Å²) >= 11 is 5.87. The molecular weight excluding hydrogens is 279 g/mol. The van der Waals surface area contributed by atoms with Crippen molar-refractivity contribution < 1.29 is 9.13 Å². The lowest BCUT2D eigenvalue weighted by molar-refractivity contribution is 0.429. The van der Waals surface area contributed by atoms with E-state index in [-0.39, 0.29) is 16.9 Å². The molecule has 0 spiro atoms. The van der Waals surface area contributed by atoms with Crippen LogP contribution < -0.4 is 4.74 Å². The Morgan fingerprint density at radius 3 is 2.70 bits per heavy atom. The van der Waals surface area contributed by atoms with Crippen LogP contribution in [0.3, 0.4) is 0 Å². The van der Waals surface area contributed by atoms with Crippen molar-refractivity contribution in [1.29, 1.82) is 0 Å². The molecule has 20 heavy (non-hydrogen) atoms. The minimum Gasteiger partial charge on any atom is -0.435 e. The first-order valence-corrected chi connectivity index (χ1v) is 6.38. The molecule has 0 bridgehead atoms. The third-order valence-corrected chi connectivity index (χ3v) is 3.07. The summed E-state index contributed by atoms with van der Waals surface area (Å²) in [6, 6.07) is 12.2. The Hall–Kier alpha value is -2.20. The van der Waals surface area contributed by atoms with Gasteiger partial charge in [-0.3, -0.25) is 0 Å². The molecule has 3 rings (SSSR count). The van der Waals surface area contributed by atoms with Gasteiger partial charge < -0.3 is 4.74 Å². The number of nitrogens with zero attached hydrogens (tertiary/aromatic N) is 2. The van der Waals surface area contributed by atoms with E-state index < -0.39 is 5.82 Å². The Balaban J connectivity index is 2.13. The molecule has 0 unspecified atom stereocenters. The number of fused-ring (bicyclic) bond motifs is 1. The topological polar surface area (TPSA) is 35.0 Å². The van der Waals surface area contributed by atoms with Gasteiger partial charge in [-0.15, -0.1) is 0 Å². The second kappa shape index (κ2) is 5.06. The zero-order valence-electron chi connectivity index (χ0n) is 10.6. The van der Waals surface area contributed by atoms with Gasteiger partial charge in [-0.1, -0.05) is 24.3 Å². The summed E-state index contributed by atoms with van der Waals surface area (Å²) in [6.07, 6.45) is 0. The van der Waals surface area contributed by atoms with Crippen molar-refractivity contribution in [2.75, 3.05) is 0 Å². The van der Waals surface area contributed by atoms with Gasteiger partial charge in [0.2, 0.25) is 11.2 Å².